The SMILES string of the molecule is CCCCCNc1nc(NC)c(Cl)cc1Cl. The number of nitrogens with one attached hydrogen (secondary N) is 2. The zero-order chi connectivity index (χ0) is 12.0. The number of hydrogen-bond donors (Lipinski definition) is 2. The third-order valence-corrected chi connectivity index (χ3v) is 2.82. The van der Waals surface area contributed by atoms with Crippen molar-refractivity contribution >= 4 is 34.8 Å². The number of rotatable bonds is 6. The van der Waals surface area contributed by atoms with E-state index in [2.05, 4.69) is 22.5 Å². The van der Waals surface area contributed by atoms with Crippen LogP contribution in [0.3, 0.4) is 0 Å². The highest BCUT2D eigenvalue weighted by atomic mass is 35.5. The molecule has 5 heteroatoms. The quantitative estimate of drug-likeness (QED) is 0.760. The van der Waals surface area contributed by atoms with Gasteiger partial charge in [0.2, 0.25) is 0 Å². The molecule has 16 heavy (non-hydrogen) atoms. The molecule has 3 nitrogen and oxygen atoms in total. The molecule has 0 saturated heterocycles. The van der Waals surface area contributed by atoms with Crippen molar-refractivity contribution in [1.82, 2.24) is 4.98 Å². The number of aromatic nitrogens is 1. The van der Waals surface area contributed by atoms with E-state index in [-0.39, 0.29) is 0 Å². The van der Waals surface area contributed by atoms with Crippen LogP contribution in [0.1, 0.15) is 26.2 Å². The molecule has 0 spiro atoms. The molecule has 1 heterocycles. The number of anilines is 2. The van der Waals surface area contributed by atoms with E-state index in [9.17, 15) is 0 Å². The first-order valence-electron chi connectivity index (χ1n) is 5.46. The molecule has 0 amide bonds. The summed E-state index contributed by atoms with van der Waals surface area (Å²) >= 11 is 12.0. The lowest BCUT2D eigenvalue weighted by Crippen LogP contribution is -2.05. The van der Waals surface area contributed by atoms with Gasteiger partial charge in [-0.05, 0) is 12.5 Å². The molecule has 0 atom stereocenters. The number of unbranched alkanes of at least 4 members (excludes halogenated alkanes) is 2. The highest BCUT2D eigenvalue weighted by molar-refractivity contribution is 6.37. The van der Waals surface area contributed by atoms with Gasteiger partial charge < -0.3 is 10.6 Å². The van der Waals surface area contributed by atoms with Crippen molar-refractivity contribution in [2.24, 2.45) is 0 Å². The molecule has 0 bridgehead atoms. The second-order valence-corrected chi connectivity index (χ2v) is 4.35. The summed E-state index contributed by atoms with van der Waals surface area (Å²) in [5.74, 6) is 1.33. The Morgan fingerprint density at radius 2 is 1.88 bits per heavy atom. The van der Waals surface area contributed by atoms with Gasteiger partial charge in [0.15, 0.2) is 0 Å². The molecule has 0 aliphatic heterocycles. The van der Waals surface area contributed by atoms with Crippen LogP contribution >= 0.6 is 23.2 Å². The average molecular weight is 262 g/mol. The summed E-state index contributed by atoms with van der Waals surface area (Å²) in [6.07, 6.45) is 3.52. The molecule has 1 aromatic heterocycles. The second kappa shape index (κ2) is 6.81. The minimum atomic E-state index is 0.534. The molecular formula is C11H17Cl2N3. The van der Waals surface area contributed by atoms with Crippen molar-refractivity contribution in [1.29, 1.82) is 0 Å². The Balaban J connectivity index is 2.64. The first-order chi connectivity index (χ1) is 7.69. The fraction of sp³-hybridized carbons (Fsp3) is 0.545. The highest BCUT2D eigenvalue weighted by Gasteiger charge is 2.07. The topological polar surface area (TPSA) is 37.0 Å². The Hall–Kier alpha value is -0.670. The molecule has 1 aromatic rings. The largest absolute Gasteiger partial charge is 0.372 e. The summed E-state index contributed by atoms with van der Waals surface area (Å²) in [4.78, 5) is 4.30. The first-order valence-corrected chi connectivity index (χ1v) is 6.22. The van der Waals surface area contributed by atoms with E-state index in [4.69, 9.17) is 23.2 Å². The number of pyridine rings is 1. The van der Waals surface area contributed by atoms with Crippen LogP contribution in [0, 0.1) is 0 Å². The molecule has 0 saturated carbocycles. The summed E-state index contributed by atoms with van der Waals surface area (Å²) < 4.78 is 0. The maximum Gasteiger partial charge on any atom is 0.147 e. The third-order valence-electron chi connectivity index (χ3n) is 2.24. The molecule has 0 aliphatic carbocycles. The van der Waals surface area contributed by atoms with Crippen LogP contribution < -0.4 is 10.6 Å². The normalized spacial score (nSPS) is 10.2. The van der Waals surface area contributed by atoms with E-state index in [0.717, 1.165) is 13.0 Å². The van der Waals surface area contributed by atoms with Gasteiger partial charge >= 0.3 is 0 Å². The van der Waals surface area contributed by atoms with Crippen molar-refractivity contribution < 1.29 is 0 Å². The lowest BCUT2D eigenvalue weighted by atomic mass is 10.2. The molecule has 0 fully saturated rings. The summed E-state index contributed by atoms with van der Waals surface area (Å²) in [5, 5.41) is 7.22. The van der Waals surface area contributed by atoms with Crippen molar-refractivity contribution in [3.05, 3.63) is 16.1 Å². The fourth-order valence-electron chi connectivity index (χ4n) is 1.35. The zero-order valence-electron chi connectivity index (χ0n) is 9.61. The van der Waals surface area contributed by atoms with Crippen LogP contribution in [0.5, 0.6) is 0 Å². The van der Waals surface area contributed by atoms with Crippen LogP contribution in [0.15, 0.2) is 6.07 Å². The van der Waals surface area contributed by atoms with Crippen LogP contribution in [-0.2, 0) is 0 Å². The molecular weight excluding hydrogens is 245 g/mol. The maximum absolute atomic E-state index is 6.03. The van der Waals surface area contributed by atoms with Gasteiger partial charge in [0.25, 0.3) is 0 Å². The maximum atomic E-state index is 6.03. The van der Waals surface area contributed by atoms with E-state index in [0.29, 0.717) is 21.7 Å². The van der Waals surface area contributed by atoms with Gasteiger partial charge in [-0.3, -0.25) is 0 Å². The van der Waals surface area contributed by atoms with Crippen molar-refractivity contribution in [2.45, 2.75) is 26.2 Å². The predicted molar refractivity (Wildman–Crippen MR) is 71.8 cm³/mol. The summed E-state index contributed by atoms with van der Waals surface area (Å²) in [5.41, 5.74) is 0. The molecule has 90 valence electrons. The number of hydrogen-bond acceptors (Lipinski definition) is 3. The Morgan fingerprint density at radius 3 is 2.50 bits per heavy atom. The summed E-state index contributed by atoms with van der Waals surface area (Å²) in [6, 6.07) is 1.70. The van der Waals surface area contributed by atoms with Gasteiger partial charge in [0.05, 0.1) is 10.0 Å². The van der Waals surface area contributed by atoms with Crippen LogP contribution in [0.2, 0.25) is 10.0 Å². The molecule has 0 unspecified atom stereocenters. The van der Waals surface area contributed by atoms with E-state index in [1.807, 2.05) is 0 Å². The van der Waals surface area contributed by atoms with Gasteiger partial charge in [-0.15, -0.1) is 0 Å². The monoisotopic (exact) mass is 261 g/mol. The van der Waals surface area contributed by atoms with Crippen molar-refractivity contribution in [2.75, 3.05) is 24.2 Å². The minimum Gasteiger partial charge on any atom is -0.372 e. The average Bonchev–Trinajstić information content (AvgIpc) is 2.27. The Morgan fingerprint density at radius 1 is 1.19 bits per heavy atom. The smallest absolute Gasteiger partial charge is 0.147 e. The predicted octanol–water partition coefficient (Wildman–Crippen LogP) is 4.03. The molecule has 0 aromatic carbocycles. The first kappa shape index (κ1) is 13.4. The van der Waals surface area contributed by atoms with Gasteiger partial charge in [0, 0.05) is 13.6 Å². The van der Waals surface area contributed by atoms with E-state index >= 15 is 0 Å². The van der Waals surface area contributed by atoms with E-state index < -0.39 is 0 Å². The summed E-state index contributed by atoms with van der Waals surface area (Å²) in [6.45, 7) is 3.05. The number of halogens is 2. The van der Waals surface area contributed by atoms with E-state index in [1.54, 1.807) is 13.1 Å². The van der Waals surface area contributed by atoms with Crippen LogP contribution in [-0.4, -0.2) is 18.6 Å². The van der Waals surface area contributed by atoms with Crippen LogP contribution in [0.25, 0.3) is 0 Å². The number of nitrogens with zero attached hydrogens (tertiary/aromatic N) is 1. The highest BCUT2D eigenvalue weighted by Crippen LogP contribution is 2.28. The Labute approximate surface area is 107 Å². The van der Waals surface area contributed by atoms with Crippen molar-refractivity contribution in [3.8, 4) is 0 Å². The van der Waals surface area contributed by atoms with Crippen molar-refractivity contribution in [3.63, 3.8) is 0 Å². The molecule has 0 radical (unpaired) electrons. The minimum absolute atomic E-state index is 0.534. The third kappa shape index (κ3) is 3.72. The van der Waals surface area contributed by atoms with Crippen LogP contribution in [0.4, 0.5) is 11.6 Å². The molecule has 0 aliphatic rings. The summed E-state index contributed by atoms with van der Waals surface area (Å²) in [7, 11) is 1.78. The lowest BCUT2D eigenvalue weighted by Gasteiger charge is -2.10. The Kier molecular flexibility index (Phi) is 5.71. The van der Waals surface area contributed by atoms with Gasteiger partial charge in [-0.1, -0.05) is 43.0 Å². The van der Waals surface area contributed by atoms with Gasteiger partial charge in [-0.2, -0.15) is 0 Å². The Bertz CT molecular complexity index is 342. The van der Waals surface area contributed by atoms with Gasteiger partial charge in [-0.25, -0.2) is 4.98 Å². The molecule has 1 rings (SSSR count). The fourth-order valence-corrected chi connectivity index (χ4v) is 1.87. The standard InChI is InChI=1S/C11H17Cl2N3/c1-3-4-5-6-15-11-9(13)7-8(12)10(14-2)16-11/h7H,3-6H2,1-2H3,(H2,14,15,16). The van der Waals surface area contributed by atoms with E-state index in [1.165, 1.54) is 12.8 Å². The second-order valence-electron chi connectivity index (χ2n) is 3.53. The van der Waals surface area contributed by atoms with Gasteiger partial charge in [0.1, 0.15) is 11.6 Å². The molecule has 2 N–H and O–H groups in total. The lowest BCUT2D eigenvalue weighted by molar-refractivity contribution is 0.742. The zero-order valence-corrected chi connectivity index (χ0v) is 11.1.